The first kappa shape index (κ1) is 19.7. The summed E-state index contributed by atoms with van der Waals surface area (Å²) in [6, 6.07) is 10.0. The number of carbonyl (C=O) groups is 1. The Morgan fingerprint density at radius 3 is 2.68 bits per heavy atom. The number of nitrogens with one attached hydrogen (secondary N) is 2. The molecule has 0 aromatic heterocycles. The van der Waals surface area contributed by atoms with Gasteiger partial charge in [0.2, 0.25) is 5.91 Å². The third-order valence-electron chi connectivity index (χ3n) is 4.66. The molecule has 2 aromatic rings. The van der Waals surface area contributed by atoms with E-state index in [1.165, 1.54) is 5.56 Å². The highest BCUT2D eigenvalue weighted by molar-refractivity contribution is 5.77. The normalized spacial score (nSPS) is 15.8. The van der Waals surface area contributed by atoms with Crippen molar-refractivity contribution in [1.82, 2.24) is 5.32 Å². The van der Waals surface area contributed by atoms with E-state index in [0.717, 1.165) is 30.5 Å². The average Bonchev–Trinajstić information content (AvgIpc) is 3.04. The van der Waals surface area contributed by atoms with Gasteiger partial charge >= 0.3 is 6.18 Å². The molecule has 1 aliphatic carbocycles. The van der Waals surface area contributed by atoms with Crippen LogP contribution in [0.25, 0.3) is 0 Å². The zero-order chi connectivity index (χ0) is 20.3. The van der Waals surface area contributed by atoms with Gasteiger partial charge in [0.25, 0.3) is 5.69 Å². The van der Waals surface area contributed by atoms with Gasteiger partial charge in [-0.05, 0) is 36.1 Å². The summed E-state index contributed by atoms with van der Waals surface area (Å²) < 4.78 is 38.2. The van der Waals surface area contributed by atoms with Gasteiger partial charge in [-0.3, -0.25) is 14.9 Å². The van der Waals surface area contributed by atoms with Gasteiger partial charge < -0.3 is 10.6 Å². The van der Waals surface area contributed by atoms with E-state index in [0.29, 0.717) is 6.07 Å². The summed E-state index contributed by atoms with van der Waals surface area (Å²) in [6.45, 7) is 0.0619. The van der Waals surface area contributed by atoms with E-state index in [2.05, 4.69) is 10.6 Å². The fourth-order valence-corrected chi connectivity index (χ4v) is 3.29. The highest BCUT2D eigenvalue weighted by Crippen LogP contribution is 2.35. The van der Waals surface area contributed by atoms with Crippen LogP contribution < -0.4 is 10.6 Å². The number of anilines is 1. The van der Waals surface area contributed by atoms with Crippen molar-refractivity contribution in [3.63, 3.8) is 0 Å². The first-order valence-electron chi connectivity index (χ1n) is 8.72. The highest BCUT2D eigenvalue weighted by atomic mass is 19.4. The molecule has 0 radical (unpaired) electrons. The van der Waals surface area contributed by atoms with Crippen LogP contribution in [0.1, 0.15) is 35.6 Å². The van der Waals surface area contributed by atoms with Gasteiger partial charge in [-0.2, -0.15) is 13.2 Å². The lowest BCUT2D eigenvalue weighted by Crippen LogP contribution is -2.28. The SMILES string of the molecule is O=C(CCNc1ccc(C(F)(F)F)cc1[N+](=O)[O-])NC1CCc2ccccc21. The number of amides is 1. The third kappa shape index (κ3) is 4.41. The number of carbonyl (C=O) groups excluding carboxylic acids is 1. The van der Waals surface area contributed by atoms with Crippen LogP contribution in [-0.4, -0.2) is 17.4 Å². The molecule has 0 fully saturated rings. The van der Waals surface area contributed by atoms with E-state index in [9.17, 15) is 28.1 Å². The predicted molar refractivity (Wildman–Crippen MR) is 96.9 cm³/mol. The van der Waals surface area contributed by atoms with Gasteiger partial charge in [-0.25, -0.2) is 0 Å². The summed E-state index contributed by atoms with van der Waals surface area (Å²) in [4.78, 5) is 22.4. The summed E-state index contributed by atoms with van der Waals surface area (Å²) in [5, 5.41) is 16.7. The summed E-state index contributed by atoms with van der Waals surface area (Å²) in [7, 11) is 0. The van der Waals surface area contributed by atoms with Gasteiger partial charge in [0.05, 0.1) is 16.5 Å². The zero-order valence-corrected chi connectivity index (χ0v) is 14.8. The second kappa shape index (κ2) is 7.87. The summed E-state index contributed by atoms with van der Waals surface area (Å²) in [5.74, 6) is -0.233. The van der Waals surface area contributed by atoms with Gasteiger partial charge in [0, 0.05) is 19.0 Å². The lowest BCUT2D eigenvalue weighted by Gasteiger charge is -2.15. The second-order valence-corrected chi connectivity index (χ2v) is 6.52. The minimum Gasteiger partial charge on any atom is -0.379 e. The molecule has 3 rings (SSSR count). The monoisotopic (exact) mass is 393 g/mol. The van der Waals surface area contributed by atoms with Crippen LogP contribution in [-0.2, 0) is 17.4 Å². The Balaban J connectivity index is 1.58. The van der Waals surface area contributed by atoms with Crippen LogP contribution >= 0.6 is 0 Å². The summed E-state index contributed by atoms with van der Waals surface area (Å²) in [5.41, 5.74) is 0.452. The molecular formula is C19H18F3N3O3. The molecule has 2 aromatic carbocycles. The molecule has 0 saturated carbocycles. The fraction of sp³-hybridized carbons (Fsp3) is 0.316. The molecular weight excluding hydrogens is 375 g/mol. The lowest BCUT2D eigenvalue weighted by atomic mass is 10.1. The molecule has 148 valence electrons. The van der Waals surface area contributed by atoms with Crippen molar-refractivity contribution < 1.29 is 22.9 Å². The Kier molecular flexibility index (Phi) is 5.53. The van der Waals surface area contributed by atoms with Crippen molar-refractivity contribution in [3.05, 3.63) is 69.3 Å². The number of benzene rings is 2. The van der Waals surface area contributed by atoms with Crippen LogP contribution in [0.15, 0.2) is 42.5 Å². The smallest absolute Gasteiger partial charge is 0.379 e. The van der Waals surface area contributed by atoms with E-state index < -0.39 is 22.4 Å². The van der Waals surface area contributed by atoms with Crippen molar-refractivity contribution in [1.29, 1.82) is 0 Å². The Hall–Kier alpha value is -3.10. The molecule has 6 nitrogen and oxygen atoms in total. The van der Waals surface area contributed by atoms with Gasteiger partial charge in [0.15, 0.2) is 0 Å². The van der Waals surface area contributed by atoms with Crippen molar-refractivity contribution in [2.24, 2.45) is 0 Å². The lowest BCUT2D eigenvalue weighted by molar-refractivity contribution is -0.384. The minimum absolute atomic E-state index is 0.0385. The van der Waals surface area contributed by atoms with Crippen LogP contribution in [0.3, 0.4) is 0 Å². The number of rotatable bonds is 6. The second-order valence-electron chi connectivity index (χ2n) is 6.52. The zero-order valence-electron chi connectivity index (χ0n) is 14.8. The largest absolute Gasteiger partial charge is 0.416 e. The van der Waals surface area contributed by atoms with Crippen molar-refractivity contribution >= 4 is 17.3 Å². The maximum Gasteiger partial charge on any atom is 0.416 e. The first-order valence-corrected chi connectivity index (χ1v) is 8.72. The van der Waals surface area contributed by atoms with Crippen LogP contribution in [0.2, 0.25) is 0 Å². The number of nitrogens with zero attached hydrogens (tertiary/aromatic N) is 1. The van der Waals surface area contributed by atoms with Crippen molar-refractivity contribution in [2.75, 3.05) is 11.9 Å². The molecule has 28 heavy (non-hydrogen) atoms. The Labute approximate surface area is 158 Å². The molecule has 0 heterocycles. The number of nitro benzene ring substituents is 1. The number of halogens is 3. The van der Waals surface area contributed by atoms with Gasteiger partial charge in [-0.1, -0.05) is 24.3 Å². The number of fused-ring (bicyclic) bond motifs is 1. The van der Waals surface area contributed by atoms with E-state index in [1.54, 1.807) is 0 Å². The van der Waals surface area contributed by atoms with Gasteiger partial charge in [0.1, 0.15) is 5.69 Å². The Morgan fingerprint density at radius 2 is 1.96 bits per heavy atom. The molecule has 0 spiro atoms. The fourth-order valence-electron chi connectivity index (χ4n) is 3.29. The molecule has 0 aliphatic heterocycles. The molecule has 1 unspecified atom stereocenters. The van der Waals surface area contributed by atoms with Crippen molar-refractivity contribution in [3.8, 4) is 0 Å². The molecule has 1 amide bonds. The van der Waals surface area contributed by atoms with Crippen molar-refractivity contribution in [2.45, 2.75) is 31.5 Å². The topological polar surface area (TPSA) is 84.3 Å². The first-order chi connectivity index (χ1) is 13.3. The Morgan fingerprint density at radius 1 is 1.21 bits per heavy atom. The molecule has 1 atom stereocenters. The molecule has 0 saturated heterocycles. The number of nitro groups is 1. The predicted octanol–water partition coefficient (Wildman–Crippen LogP) is 4.22. The highest BCUT2D eigenvalue weighted by Gasteiger charge is 2.33. The van der Waals surface area contributed by atoms with E-state index >= 15 is 0 Å². The molecule has 0 bridgehead atoms. The summed E-state index contributed by atoms with van der Waals surface area (Å²) >= 11 is 0. The third-order valence-corrected chi connectivity index (χ3v) is 4.66. The van der Waals surface area contributed by atoms with Crippen LogP contribution in [0.5, 0.6) is 0 Å². The number of aryl methyl sites for hydroxylation is 1. The van der Waals surface area contributed by atoms with Gasteiger partial charge in [-0.15, -0.1) is 0 Å². The quantitative estimate of drug-likeness (QED) is 0.569. The molecule has 1 aliphatic rings. The average molecular weight is 393 g/mol. The number of hydrogen-bond donors (Lipinski definition) is 2. The maximum atomic E-state index is 12.7. The van der Waals surface area contributed by atoms with Crippen LogP contribution in [0, 0.1) is 10.1 Å². The number of alkyl halides is 3. The van der Waals surface area contributed by atoms with E-state index in [4.69, 9.17) is 0 Å². The minimum atomic E-state index is -4.67. The van der Waals surface area contributed by atoms with E-state index in [-0.39, 0.29) is 30.6 Å². The maximum absolute atomic E-state index is 12.7. The molecule has 9 heteroatoms. The number of hydrogen-bond acceptors (Lipinski definition) is 4. The summed E-state index contributed by atoms with van der Waals surface area (Å²) in [6.07, 6.45) is -2.93. The molecule has 2 N–H and O–H groups in total. The Bertz CT molecular complexity index is 899. The standard InChI is InChI=1S/C19H18F3N3O3/c20-19(21,22)13-6-8-16(17(11-13)25(27)28)23-10-9-18(26)24-15-7-5-12-3-1-2-4-14(12)15/h1-4,6,8,11,15,23H,5,7,9-10H2,(H,24,26). The van der Waals surface area contributed by atoms with E-state index in [1.807, 2.05) is 24.3 Å². The van der Waals surface area contributed by atoms with Crippen LogP contribution in [0.4, 0.5) is 24.5 Å².